The van der Waals surface area contributed by atoms with E-state index in [4.69, 9.17) is 10.7 Å². The van der Waals surface area contributed by atoms with Gasteiger partial charge in [-0.2, -0.15) is 0 Å². The molecule has 3 aliphatic rings. The Hall–Kier alpha value is -1.98. The molecule has 3 saturated carbocycles. The number of amides is 1. The molecule has 1 aromatic heterocycles. The maximum Gasteiger partial charge on any atom is 0.255 e. The van der Waals surface area contributed by atoms with Gasteiger partial charge in [-0.15, -0.1) is 0 Å². The second kappa shape index (κ2) is 7.56. The Labute approximate surface area is 162 Å². The van der Waals surface area contributed by atoms with Gasteiger partial charge >= 0.3 is 0 Å². The van der Waals surface area contributed by atoms with Crippen LogP contribution in [0.25, 0.3) is 0 Å². The van der Waals surface area contributed by atoms with Crippen LogP contribution in [0.5, 0.6) is 0 Å². The molecule has 0 unspecified atom stereocenters. The maximum atomic E-state index is 13.2. The number of nitrogens with one attached hydrogen (secondary N) is 2. The summed E-state index contributed by atoms with van der Waals surface area (Å²) in [5.74, 6) is 2.97. The molecule has 0 aliphatic heterocycles. The van der Waals surface area contributed by atoms with Gasteiger partial charge in [-0.05, 0) is 69.3 Å². The van der Waals surface area contributed by atoms with Gasteiger partial charge in [0.1, 0.15) is 5.82 Å². The molecule has 1 heterocycles. The summed E-state index contributed by atoms with van der Waals surface area (Å²) in [4.78, 5) is 20.3. The summed E-state index contributed by atoms with van der Waals surface area (Å²) in [7, 11) is 1.83. The number of carbonyl (C=O) groups is 1. The Bertz CT molecular complexity index is 690. The lowest BCUT2D eigenvalue weighted by molar-refractivity contribution is 0.0923. The first-order chi connectivity index (χ1) is 13.0. The topological polar surface area (TPSA) is 83.3 Å². The van der Waals surface area contributed by atoms with Crippen molar-refractivity contribution in [2.75, 3.05) is 29.5 Å². The summed E-state index contributed by atoms with van der Waals surface area (Å²) in [5.41, 5.74) is 7.34. The van der Waals surface area contributed by atoms with Crippen molar-refractivity contribution >= 4 is 23.2 Å². The van der Waals surface area contributed by atoms with E-state index < -0.39 is 0 Å². The highest BCUT2D eigenvalue weighted by Gasteiger charge is 2.37. The highest BCUT2D eigenvalue weighted by molar-refractivity contribution is 6.01. The first-order valence-corrected chi connectivity index (χ1v) is 10.6. The number of rotatable bonds is 7. The minimum absolute atomic E-state index is 0.0205. The highest BCUT2D eigenvalue weighted by Crippen LogP contribution is 2.39. The molecule has 4 rings (SSSR count). The highest BCUT2D eigenvalue weighted by atomic mass is 16.1. The molecule has 3 fully saturated rings. The zero-order valence-corrected chi connectivity index (χ0v) is 16.6. The quantitative estimate of drug-likeness (QED) is 0.684. The fourth-order valence-corrected chi connectivity index (χ4v) is 4.15. The van der Waals surface area contributed by atoms with Gasteiger partial charge < -0.3 is 21.3 Å². The average molecular weight is 372 g/mol. The maximum absolute atomic E-state index is 13.2. The Balaban J connectivity index is 1.59. The Morgan fingerprint density at radius 1 is 1.19 bits per heavy atom. The van der Waals surface area contributed by atoms with E-state index in [0.717, 1.165) is 37.0 Å². The first-order valence-electron chi connectivity index (χ1n) is 10.6. The predicted molar refractivity (Wildman–Crippen MR) is 110 cm³/mol. The van der Waals surface area contributed by atoms with Crippen LogP contribution in [0, 0.1) is 11.8 Å². The first kappa shape index (κ1) is 18.4. The van der Waals surface area contributed by atoms with E-state index in [1.54, 1.807) is 0 Å². The zero-order valence-electron chi connectivity index (χ0n) is 16.6. The van der Waals surface area contributed by atoms with Crippen LogP contribution >= 0.6 is 0 Å². The third-order valence-electron chi connectivity index (χ3n) is 6.28. The van der Waals surface area contributed by atoms with Gasteiger partial charge in [0, 0.05) is 25.7 Å². The van der Waals surface area contributed by atoms with Gasteiger partial charge in [-0.3, -0.25) is 4.79 Å². The van der Waals surface area contributed by atoms with E-state index >= 15 is 0 Å². The van der Waals surface area contributed by atoms with Crippen molar-refractivity contribution in [2.24, 2.45) is 11.8 Å². The molecule has 148 valence electrons. The molecule has 0 atom stereocenters. The van der Waals surface area contributed by atoms with E-state index in [2.05, 4.69) is 22.5 Å². The number of carbonyl (C=O) groups excluding carboxylic acids is 1. The van der Waals surface area contributed by atoms with Crippen LogP contribution in [-0.4, -0.2) is 36.6 Å². The van der Waals surface area contributed by atoms with E-state index in [0.29, 0.717) is 23.1 Å². The van der Waals surface area contributed by atoms with Gasteiger partial charge in [-0.1, -0.05) is 6.92 Å². The van der Waals surface area contributed by atoms with Crippen molar-refractivity contribution in [2.45, 2.75) is 70.4 Å². The fraction of sp³-hybridized carbons (Fsp3) is 0.714. The summed E-state index contributed by atoms with van der Waals surface area (Å²) in [6.45, 7) is 3.30. The molecule has 1 amide bonds. The van der Waals surface area contributed by atoms with Crippen molar-refractivity contribution in [1.29, 1.82) is 0 Å². The SMILES string of the molecule is CNc1nc(N(CC2CC2)C2CC2)c(C(=O)NC2CCC(C)CC2)cc1N. The van der Waals surface area contributed by atoms with Gasteiger partial charge in [0.2, 0.25) is 0 Å². The van der Waals surface area contributed by atoms with Crippen molar-refractivity contribution in [1.82, 2.24) is 10.3 Å². The monoisotopic (exact) mass is 371 g/mol. The molecular formula is C21H33N5O. The van der Waals surface area contributed by atoms with Crippen molar-refractivity contribution in [3.05, 3.63) is 11.6 Å². The predicted octanol–water partition coefficient (Wildman–Crippen LogP) is 3.39. The fourth-order valence-electron chi connectivity index (χ4n) is 4.15. The summed E-state index contributed by atoms with van der Waals surface area (Å²) < 4.78 is 0. The Morgan fingerprint density at radius 3 is 2.48 bits per heavy atom. The third-order valence-corrected chi connectivity index (χ3v) is 6.28. The summed E-state index contributed by atoms with van der Waals surface area (Å²) in [5, 5.41) is 6.34. The van der Waals surface area contributed by atoms with Crippen LogP contribution in [0.4, 0.5) is 17.3 Å². The largest absolute Gasteiger partial charge is 0.396 e. The molecule has 0 aromatic carbocycles. The molecule has 0 spiro atoms. The van der Waals surface area contributed by atoms with Crippen molar-refractivity contribution in [3.63, 3.8) is 0 Å². The smallest absolute Gasteiger partial charge is 0.255 e. The lowest BCUT2D eigenvalue weighted by Crippen LogP contribution is -2.39. The second-order valence-electron chi connectivity index (χ2n) is 8.80. The lowest BCUT2D eigenvalue weighted by Gasteiger charge is -2.29. The minimum Gasteiger partial charge on any atom is -0.396 e. The third kappa shape index (κ3) is 4.30. The number of nitrogens with two attached hydrogens (primary N) is 1. The number of aromatic nitrogens is 1. The van der Waals surface area contributed by atoms with E-state index in [-0.39, 0.29) is 11.9 Å². The zero-order chi connectivity index (χ0) is 19.0. The number of hydrogen-bond donors (Lipinski definition) is 3. The molecule has 4 N–H and O–H groups in total. The number of hydrogen-bond acceptors (Lipinski definition) is 5. The van der Waals surface area contributed by atoms with Gasteiger partial charge in [-0.25, -0.2) is 4.98 Å². The van der Waals surface area contributed by atoms with Crippen LogP contribution in [0.15, 0.2) is 6.07 Å². The molecule has 0 radical (unpaired) electrons. The summed E-state index contributed by atoms with van der Waals surface area (Å²) >= 11 is 0. The number of pyridine rings is 1. The Morgan fingerprint density at radius 2 is 1.89 bits per heavy atom. The van der Waals surface area contributed by atoms with Crippen LogP contribution in [0.1, 0.15) is 68.6 Å². The molecular weight excluding hydrogens is 338 g/mol. The van der Waals surface area contributed by atoms with Crippen molar-refractivity contribution in [3.8, 4) is 0 Å². The molecule has 1 aromatic rings. The van der Waals surface area contributed by atoms with Gasteiger partial charge in [0.15, 0.2) is 5.82 Å². The molecule has 6 nitrogen and oxygen atoms in total. The molecule has 27 heavy (non-hydrogen) atoms. The van der Waals surface area contributed by atoms with Gasteiger partial charge in [0.05, 0.1) is 11.3 Å². The average Bonchev–Trinajstić information content (AvgIpc) is 3.55. The van der Waals surface area contributed by atoms with E-state index in [1.165, 1.54) is 38.5 Å². The van der Waals surface area contributed by atoms with E-state index in [9.17, 15) is 4.79 Å². The number of nitrogen functional groups attached to an aromatic ring is 1. The molecule has 0 bridgehead atoms. The standard InChI is InChI=1S/C21H33N5O/c1-13-3-7-15(8-4-13)24-21(27)17-11-18(22)19(23-2)25-20(17)26(16-9-10-16)12-14-5-6-14/h11,13-16H,3-10,12,22H2,1-2H3,(H,23,25)(H,24,27). The number of nitrogens with zero attached hydrogens (tertiary/aromatic N) is 2. The van der Waals surface area contributed by atoms with Gasteiger partial charge in [0.25, 0.3) is 5.91 Å². The lowest BCUT2D eigenvalue weighted by atomic mass is 9.87. The van der Waals surface area contributed by atoms with Crippen molar-refractivity contribution < 1.29 is 4.79 Å². The second-order valence-corrected chi connectivity index (χ2v) is 8.80. The molecule has 3 aliphatic carbocycles. The van der Waals surface area contributed by atoms with Crippen LogP contribution in [-0.2, 0) is 0 Å². The summed E-state index contributed by atoms with van der Waals surface area (Å²) in [6.07, 6.45) is 9.46. The van der Waals surface area contributed by atoms with Crippen LogP contribution in [0.2, 0.25) is 0 Å². The Kier molecular flexibility index (Phi) is 5.15. The molecule has 6 heteroatoms. The normalized spacial score (nSPS) is 25.1. The van der Waals surface area contributed by atoms with Crippen LogP contribution < -0.4 is 21.3 Å². The molecule has 0 saturated heterocycles. The summed E-state index contributed by atoms with van der Waals surface area (Å²) in [6, 6.07) is 2.61. The minimum atomic E-state index is -0.0205. The number of anilines is 3. The van der Waals surface area contributed by atoms with Crippen LogP contribution in [0.3, 0.4) is 0 Å². The van der Waals surface area contributed by atoms with E-state index in [1.807, 2.05) is 13.1 Å².